The van der Waals surface area contributed by atoms with Crippen molar-refractivity contribution in [3.8, 4) is 33.4 Å². The molecule has 0 saturated heterocycles. The van der Waals surface area contributed by atoms with Crippen LogP contribution < -0.4 is 0 Å². The Labute approximate surface area is 207 Å². The van der Waals surface area contributed by atoms with Gasteiger partial charge >= 0.3 is 0 Å². The molecule has 2 aliphatic carbocycles. The van der Waals surface area contributed by atoms with Crippen LogP contribution >= 0.6 is 31.9 Å². The Hall–Kier alpha value is -2.16. The first kappa shape index (κ1) is 20.4. The van der Waals surface area contributed by atoms with Crippen molar-refractivity contribution in [3.05, 3.63) is 104 Å². The zero-order valence-electron chi connectivity index (χ0n) is 18.7. The van der Waals surface area contributed by atoms with E-state index in [2.05, 4.69) is 132 Å². The van der Waals surface area contributed by atoms with Crippen molar-refractivity contribution >= 4 is 31.9 Å². The highest BCUT2D eigenvalue weighted by Gasteiger charge is 2.37. The smallest absolute Gasteiger partial charge is 0.0178 e. The lowest BCUT2D eigenvalue weighted by atomic mass is 9.80. The first-order valence-electron chi connectivity index (χ1n) is 11.1. The summed E-state index contributed by atoms with van der Waals surface area (Å²) in [5.74, 6) is 0. The maximum atomic E-state index is 3.67. The quantitative estimate of drug-likeness (QED) is 0.224. The van der Waals surface area contributed by atoms with E-state index in [0.29, 0.717) is 0 Å². The second-order valence-corrected chi connectivity index (χ2v) is 12.0. The average Bonchev–Trinajstić information content (AvgIpc) is 3.12. The fraction of sp³-hybridized carbons (Fsp3) is 0.200. The van der Waals surface area contributed by atoms with Gasteiger partial charge < -0.3 is 0 Å². The van der Waals surface area contributed by atoms with Gasteiger partial charge in [0.05, 0.1) is 0 Å². The fourth-order valence-electron chi connectivity index (χ4n) is 5.78. The third-order valence-electron chi connectivity index (χ3n) is 7.61. The van der Waals surface area contributed by atoms with Crippen LogP contribution in [0, 0.1) is 0 Å². The molecule has 0 atom stereocenters. The van der Waals surface area contributed by atoms with Crippen molar-refractivity contribution in [1.29, 1.82) is 0 Å². The van der Waals surface area contributed by atoms with Crippen LogP contribution in [0.5, 0.6) is 0 Å². The van der Waals surface area contributed by atoms with Crippen LogP contribution in [0.15, 0.2) is 81.7 Å². The minimum Gasteiger partial charge on any atom is -0.0537 e. The zero-order chi connectivity index (χ0) is 22.4. The summed E-state index contributed by atoms with van der Waals surface area (Å²) in [6.45, 7) is 9.37. The van der Waals surface area contributed by atoms with Gasteiger partial charge in [0, 0.05) is 19.8 Å². The lowest BCUT2D eigenvalue weighted by molar-refractivity contribution is 0.659. The summed E-state index contributed by atoms with van der Waals surface area (Å²) in [5.41, 5.74) is 13.6. The second kappa shape index (κ2) is 6.68. The Balaban J connectivity index is 1.49. The highest BCUT2D eigenvalue weighted by atomic mass is 79.9. The van der Waals surface area contributed by atoms with Crippen molar-refractivity contribution in [2.45, 2.75) is 38.5 Å². The van der Waals surface area contributed by atoms with Gasteiger partial charge in [-0.25, -0.2) is 0 Å². The molecule has 0 heterocycles. The van der Waals surface area contributed by atoms with Crippen LogP contribution in [-0.2, 0) is 10.8 Å². The maximum Gasteiger partial charge on any atom is 0.0178 e. The van der Waals surface area contributed by atoms with E-state index in [0.717, 1.165) is 8.95 Å². The topological polar surface area (TPSA) is 0 Å². The predicted molar refractivity (Wildman–Crippen MR) is 142 cm³/mol. The van der Waals surface area contributed by atoms with Crippen LogP contribution in [0.4, 0.5) is 0 Å². The van der Waals surface area contributed by atoms with Gasteiger partial charge in [0.2, 0.25) is 0 Å². The van der Waals surface area contributed by atoms with Gasteiger partial charge in [-0.2, -0.15) is 0 Å². The molecular weight excluding hydrogens is 520 g/mol. The molecule has 0 aliphatic heterocycles. The van der Waals surface area contributed by atoms with Crippen molar-refractivity contribution in [2.24, 2.45) is 0 Å². The molecule has 0 unspecified atom stereocenters. The lowest BCUT2D eigenvalue weighted by Gasteiger charge is -2.23. The number of rotatable bonds is 1. The van der Waals surface area contributed by atoms with E-state index < -0.39 is 0 Å². The van der Waals surface area contributed by atoms with Crippen LogP contribution in [0.2, 0.25) is 0 Å². The highest BCUT2D eigenvalue weighted by Crippen LogP contribution is 2.52. The van der Waals surface area contributed by atoms with Crippen molar-refractivity contribution < 1.29 is 0 Å². The van der Waals surface area contributed by atoms with Gasteiger partial charge in [-0.15, -0.1) is 0 Å². The number of fused-ring (bicyclic) bond motifs is 6. The summed E-state index contributed by atoms with van der Waals surface area (Å²) >= 11 is 7.33. The zero-order valence-corrected chi connectivity index (χ0v) is 21.9. The van der Waals surface area contributed by atoms with E-state index in [-0.39, 0.29) is 10.8 Å². The fourth-order valence-corrected chi connectivity index (χ4v) is 6.50. The number of benzene rings is 4. The third kappa shape index (κ3) is 2.72. The van der Waals surface area contributed by atoms with Gasteiger partial charge in [0.1, 0.15) is 0 Å². The Bertz CT molecular complexity index is 1330. The summed E-state index contributed by atoms with van der Waals surface area (Å²) in [6.07, 6.45) is 0. The molecule has 0 bridgehead atoms. The normalized spacial score (nSPS) is 16.3. The van der Waals surface area contributed by atoms with Gasteiger partial charge in [-0.1, -0.05) is 96.0 Å². The Morgan fingerprint density at radius 2 is 0.750 bits per heavy atom. The second-order valence-electron chi connectivity index (χ2n) is 10.2. The van der Waals surface area contributed by atoms with E-state index in [1.54, 1.807) is 0 Å². The number of hydrogen-bond acceptors (Lipinski definition) is 0. The van der Waals surface area contributed by atoms with Gasteiger partial charge in [0.15, 0.2) is 0 Å². The number of hydrogen-bond donors (Lipinski definition) is 0. The Kier molecular flexibility index (Phi) is 4.27. The highest BCUT2D eigenvalue weighted by molar-refractivity contribution is 9.10. The molecule has 0 spiro atoms. The molecule has 4 aromatic rings. The minimum absolute atomic E-state index is 0.0109. The monoisotopic (exact) mass is 542 g/mol. The maximum absolute atomic E-state index is 3.67. The summed E-state index contributed by atoms with van der Waals surface area (Å²) in [4.78, 5) is 0. The molecule has 0 saturated carbocycles. The molecule has 0 amide bonds. The molecular formula is C30H24Br2. The van der Waals surface area contributed by atoms with Crippen molar-refractivity contribution in [3.63, 3.8) is 0 Å². The molecule has 158 valence electrons. The molecule has 0 nitrogen and oxygen atoms in total. The van der Waals surface area contributed by atoms with Crippen LogP contribution in [0.25, 0.3) is 33.4 Å². The molecule has 0 fully saturated rings. The van der Waals surface area contributed by atoms with E-state index in [1.807, 2.05) is 0 Å². The third-order valence-corrected chi connectivity index (χ3v) is 8.60. The Morgan fingerprint density at radius 1 is 0.438 bits per heavy atom. The molecule has 2 aliphatic rings. The molecule has 0 aromatic heterocycles. The minimum atomic E-state index is -0.0109. The lowest BCUT2D eigenvalue weighted by Crippen LogP contribution is -2.15. The first-order chi connectivity index (χ1) is 15.2. The first-order valence-corrected chi connectivity index (χ1v) is 12.7. The summed E-state index contributed by atoms with van der Waals surface area (Å²) in [6, 6.07) is 27.4. The van der Waals surface area contributed by atoms with Crippen LogP contribution in [0.1, 0.15) is 49.9 Å². The average molecular weight is 544 g/mol. The molecule has 0 radical (unpaired) electrons. The van der Waals surface area contributed by atoms with Crippen molar-refractivity contribution in [2.75, 3.05) is 0 Å². The standard InChI is InChI=1S/C30H24Br2/c1-29(2)25-13-17(5-9-21(25)23-11-7-19(31)15-27(23)29)18-6-10-22-24-12-8-20(32)16-28(24)30(3,4)26(22)14-18/h5-16H,1-4H3. The molecule has 6 rings (SSSR count). The molecule has 4 aromatic carbocycles. The summed E-state index contributed by atoms with van der Waals surface area (Å²) in [7, 11) is 0. The molecule has 0 N–H and O–H groups in total. The van der Waals surface area contributed by atoms with Crippen LogP contribution in [0.3, 0.4) is 0 Å². The SMILES string of the molecule is CC1(C)c2cc(Br)ccc2-c2ccc(-c3ccc4c(c3)C(C)(C)c3cc(Br)ccc3-4)cc21. The summed E-state index contributed by atoms with van der Waals surface area (Å²) < 4.78 is 2.29. The predicted octanol–water partition coefficient (Wildman–Crippen LogP) is 9.49. The van der Waals surface area contributed by atoms with E-state index in [9.17, 15) is 0 Å². The summed E-state index contributed by atoms with van der Waals surface area (Å²) in [5, 5.41) is 0. The van der Waals surface area contributed by atoms with Gasteiger partial charge in [-0.05, 0) is 92.0 Å². The van der Waals surface area contributed by atoms with E-state index in [4.69, 9.17) is 0 Å². The van der Waals surface area contributed by atoms with E-state index >= 15 is 0 Å². The largest absolute Gasteiger partial charge is 0.0537 e. The Morgan fingerprint density at radius 3 is 1.12 bits per heavy atom. The van der Waals surface area contributed by atoms with E-state index in [1.165, 1.54) is 55.6 Å². The molecule has 2 heteroatoms. The number of halogens is 2. The van der Waals surface area contributed by atoms with Gasteiger partial charge in [0.25, 0.3) is 0 Å². The van der Waals surface area contributed by atoms with Crippen molar-refractivity contribution in [1.82, 2.24) is 0 Å². The van der Waals surface area contributed by atoms with Gasteiger partial charge in [-0.3, -0.25) is 0 Å². The van der Waals surface area contributed by atoms with Crippen LogP contribution in [-0.4, -0.2) is 0 Å². The molecule has 32 heavy (non-hydrogen) atoms.